The standard InChI is InChI=1S/C16H30N2O/c1-16(8-5-11-19-13-16)18-10-9-17-15(12-18)14-6-3-2-4-7-14/h14-15,17H,2-13H2,1H3. The monoisotopic (exact) mass is 266 g/mol. The molecule has 3 rings (SSSR count). The Bertz CT molecular complexity index is 282. The summed E-state index contributed by atoms with van der Waals surface area (Å²) in [4.78, 5) is 2.72. The number of nitrogens with one attached hydrogen (secondary N) is 1. The van der Waals surface area contributed by atoms with Crippen molar-refractivity contribution in [1.82, 2.24) is 10.2 Å². The second-order valence-corrected chi connectivity index (χ2v) is 7.06. The van der Waals surface area contributed by atoms with E-state index in [0.29, 0.717) is 5.54 Å². The number of ether oxygens (including phenoxy) is 1. The molecule has 0 bridgehead atoms. The van der Waals surface area contributed by atoms with Crippen LogP contribution in [0.4, 0.5) is 0 Å². The van der Waals surface area contributed by atoms with Crippen LogP contribution >= 0.6 is 0 Å². The van der Waals surface area contributed by atoms with Crippen molar-refractivity contribution in [2.45, 2.75) is 63.5 Å². The average molecular weight is 266 g/mol. The highest BCUT2D eigenvalue weighted by Crippen LogP contribution is 2.31. The number of hydrogen-bond acceptors (Lipinski definition) is 3. The van der Waals surface area contributed by atoms with Crippen molar-refractivity contribution in [3.63, 3.8) is 0 Å². The Morgan fingerprint density at radius 2 is 2.00 bits per heavy atom. The first-order valence-electron chi connectivity index (χ1n) is 8.34. The third-order valence-electron chi connectivity index (χ3n) is 5.60. The minimum Gasteiger partial charge on any atom is -0.380 e. The molecule has 2 heterocycles. The average Bonchev–Trinajstić information content (AvgIpc) is 2.49. The quantitative estimate of drug-likeness (QED) is 0.830. The van der Waals surface area contributed by atoms with Gasteiger partial charge >= 0.3 is 0 Å². The molecule has 1 aliphatic carbocycles. The molecule has 110 valence electrons. The SMILES string of the molecule is CC1(N2CCNC(C3CCCCC3)C2)CCCOC1. The van der Waals surface area contributed by atoms with Crippen LogP contribution in [0.15, 0.2) is 0 Å². The second-order valence-electron chi connectivity index (χ2n) is 7.06. The maximum Gasteiger partial charge on any atom is 0.0647 e. The molecule has 0 aromatic carbocycles. The highest BCUT2D eigenvalue weighted by Gasteiger charge is 2.38. The van der Waals surface area contributed by atoms with Gasteiger partial charge in [0.05, 0.1) is 6.61 Å². The lowest BCUT2D eigenvalue weighted by Crippen LogP contribution is -2.62. The molecule has 3 heteroatoms. The van der Waals surface area contributed by atoms with Gasteiger partial charge in [0, 0.05) is 37.8 Å². The third kappa shape index (κ3) is 3.14. The van der Waals surface area contributed by atoms with Crippen molar-refractivity contribution in [3.05, 3.63) is 0 Å². The van der Waals surface area contributed by atoms with Crippen LogP contribution in [0.3, 0.4) is 0 Å². The maximum atomic E-state index is 5.76. The van der Waals surface area contributed by atoms with Gasteiger partial charge in [0.2, 0.25) is 0 Å². The number of hydrogen-bond donors (Lipinski definition) is 1. The Labute approximate surface area is 118 Å². The molecule has 0 aromatic heterocycles. The Balaban J connectivity index is 1.60. The van der Waals surface area contributed by atoms with Crippen molar-refractivity contribution in [1.29, 1.82) is 0 Å². The molecule has 2 aliphatic heterocycles. The molecule has 0 aromatic rings. The van der Waals surface area contributed by atoms with Crippen molar-refractivity contribution in [2.75, 3.05) is 32.8 Å². The van der Waals surface area contributed by atoms with E-state index in [1.54, 1.807) is 0 Å². The van der Waals surface area contributed by atoms with Gasteiger partial charge in [-0.3, -0.25) is 4.90 Å². The Hall–Kier alpha value is -0.120. The van der Waals surface area contributed by atoms with Crippen LogP contribution in [-0.2, 0) is 4.74 Å². The van der Waals surface area contributed by atoms with Crippen LogP contribution in [0.5, 0.6) is 0 Å². The van der Waals surface area contributed by atoms with E-state index in [1.165, 1.54) is 58.0 Å². The predicted octanol–water partition coefficient (Wildman–Crippen LogP) is 2.41. The van der Waals surface area contributed by atoms with E-state index in [-0.39, 0.29) is 0 Å². The highest BCUT2D eigenvalue weighted by atomic mass is 16.5. The number of nitrogens with zero attached hydrogens (tertiary/aromatic N) is 1. The van der Waals surface area contributed by atoms with E-state index >= 15 is 0 Å². The van der Waals surface area contributed by atoms with E-state index in [9.17, 15) is 0 Å². The molecule has 1 N–H and O–H groups in total. The lowest BCUT2D eigenvalue weighted by molar-refractivity contribution is -0.0540. The second kappa shape index (κ2) is 6.11. The third-order valence-corrected chi connectivity index (χ3v) is 5.60. The smallest absolute Gasteiger partial charge is 0.0647 e. The summed E-state index contributed by atoms with van der Waals surface area (Å²) in [6.45, 7) is 7.91. The largest absolute Gasteiger partial charge is 0.380 e. The van der Waals surface area contributed by atoms with Gasteiger partial charge in [-0.15, -0.1) is 0 Å². The first kappa shape index (κ1) is 13.8. The molecule has 3 nitrogen and oxygen atoms in total. The lowest BCUT2D eigenvalue weighted by Gasteiger charge is -2.49. The van der Waals surface area contributed by atoms with Crippen LogP contribution in [0.25, 0.3) is 0 Å². The predicted molar refractivity (Wildman–Crippen MR) is 78.4 cm³/mol. The summed E-state index contributed by atoms with van der Waals surface area (Å²) in [5, 5.41) is 3.79. The molecule has 2 atom stereocenters. The summed E-state index contributed by atoms with van der Waals surface area (Å²) >= 11 is 0. The van der Waals surface area contributed by atoms with E-state index in [4.69, 9.17) is 4.74 Å². The van der Waals surface area contributed by atoms with Gasteiger partial charge < -0.3 is 10.1 Å². The van der Waals surface area contributed by atoms with Gasteiger partial charge in [0.1, 0.15) is 0 Å². The fourth-order valence-corrected chi connectivity index (χ4v) is 4.29. The van der Waals surface area contributed by atoms with Gasteiger partial charge in [-0.1, -0.05) is 19.3 Å². The molecule has 1 saturated carbocycles. The summed E-state index contributed by atoms with van der Waals surface area (Å²) in [5.41, 5.74) is 0.299. The van der Waals surface area contributed by atoms with Crippen LogP contribution < -0.4 is 5.32 Å². The molecule has 3 fully saturated rings. The Kier molecular flexibility index (Phi) is 4.45. The molecule has 2 unspecified atom stereocenters. The zero-order valence-electron chi connectivity index (χ0n) is 12.5. The molecular weight excluding hydrogens is 236 g/mol. The van der Waals surface area contributed by atoms with Crippen molar-refractivity contribution >= 4 is 0 Å². The fourth-order valence-electron chi connectivity index (χ4n) is 4.29. The molecule has 3 aliphatic rings. The molecule has 19 heavy (non-hydrogen) atoms. The zero-order valence-corrected chi connectivity index (χ0v) is 12.5. The van der Waals surface area contributed by atoms with E-state index in [1.807, 2.05) is 0 Å². The zero-order chi connectivity index (χ0) is 13.1. The number of rotatable bonds is 2. The van der Waals surface area contributed by atoms with Gasteiger partial charge in [0.25, 0.3) is 0 Å². The lowest BCUT2D eigenvalue weighted by atomic mass is 9.82. The molecule has 2 saturated heterocycles. The van der Waals surface area contributed by atoms with Gasteiger partial charge in [0.15, 0.2) is 0 Å². The molecular formula is C16H30N2O. The summed E-state index contributed by atoms with van der Waals surface area (Å²) < 4.78 is 5.76. The minimum absolute atomic E-state index is 0.299. The van der Waals surface area contributed by atoms with Crippen molar-refractivity contribution < 1.29 is 4.74 Å². The van der Waals surface area contributed by atoms with E-state index in [2.05, 4.69) is 17.1 Å². The molecule has 0 amide bonds. The van der Waals surface area contributed by atoms with Crippen molar-refractivity contribution in [2.24, 2.45) is 5.92 Å². The van der Waals surface area contributed by atoms with Crippen LogP contribution in [0, 0.1) is 5.92 Å². The van der Waals surface area contributed by atoms with Crippen LogP contribution in [0.1, 0.15) is 51.9 Å². The first-order chi connectivity index (χ1) is 9.28. The fraction of sp³-hybridized carbons (Fsp3) is 1.00. The topological polar surface area (TPSA) is 24.5 Å². The summed E-state index contributed by atoms with van der Waals surface area (Å²) in [6.07, 6.45) is 9.78. The summed E-state index contributed by atoms with van der Waals surface area (Å²) in [5.74, 6) is 0.921. The minimum atomic E-state index is 0.299. The Morgan fingerprint density at radius 3 is 2.74 bits per heavy atom. The molecule has 0 spiro atoms. The molecule has 0 radical (unpaired) electrons. The Morgan fingerprint density at radius 1 is 1.16 bits per heavy atom. The highest BCUT2D eigenvalue weighted by molar-refractivity contribution is 4.95. The van der Waals surface area contributed by atoms with Gasteiger partial charge in [-0.25, -0.2) is 0 Å². The van der Waals surface area contributed by atoms with E-state index in [0.717, 1.165) is 31.7 Å². The first-order valence-corrected chi connectivity index (χ1v) is 8.34. The van der Waals surface area contributed by atoms with E-state index < -0.39 is 0 Å². The van der Waals surface area contributed by atoms with Crippen LogP contribution in [0.2, 0.25) is 0 Å². The normalized spacial score (nSPS) is 39.3. The van der Waals surface area contributed by atoms with Crippen LogP contribution in [-0.4, -0.2) is 49.3 Å². The summed E-state index contributed by atoms with van der Waals surface area (Å²) in [6, 6.07) is 0.729. The maximum absolute atomic E-state index is 5.76. The van der Waals surface area contributed by atoms with Crippen molar-refractivity contribution in [3.8, 4) is 0 Å². The van der Waals surface area contributed by atoms with Gasteiger partial charge in [-0.2, -0.15) is 0 Å². The summed E-state index contributed by atoms with van der Waals surface area (Å²) in [7, 11) is 0. The number of piperazine rings is 1. The van der Waals surface area contributed by atoms with Gasteiger partial charge in [-0.05, 0) is 38.5 Å².